The number of imidazole rings is 2. The van der Waals surface area contributed by atoms with E-state index in [4.69, 9.17) is 33.3 Å². The number of hydrogen-bond donors (Lipinski definition) is 0. The van der Waals surface area contributed by atoms with Crippen LogP contribution in [0, 0.1) is 36.6 Å². The quantitative estimate of drug-likeness (QED) is 0.187. The normalized spacial score (nSPS) is 13.0. The Bertz CT molecular complexity index is 3030. The molecule has 9 aromatic rings. The second kappa shape index (κ2) is 14.1. The Morgan fingerprint density at radius 2 is 0.967 bits per heavy atom. The number of fused-ring (bicyclic) bond motifs is 8. The standard InChI is InChI=1S/C46H22B2N6O5.2Pt/c1-53-15-13-49-43(53)27-19-32-45(51-22-27)58-38-7-3-5-36-41(38)47(32)30-17-25(9-11-34(30)56-36)29-21-40(55-24-29)26-10-12-35-31(18-26)48-33-20-28(44-50-14-16-54(44)2)23-52-46(33)59-39-8-4-6-37(57-35)42(39)48;;/h3-16,22-23H,1-2H3;;/q-6;;. The molecule has 5 aromatic heterocycles. The average molecular weight is 1150 g/mol. The van der Waals surface area contributed by atoms with Gasteiger partial charge in [0.25, 0.3) is 0 Å². The van der Waals surface area contributed by atoms with Crippen molar-refractivity contribution in [3.8, 4) is 91.5 Å². The van der Waals surface area contributed by atoms with Crippen molar-refractivity contribution in [2.75, 3.05) is 0 Å². The second-order valence-corrected chi connectivity index (χ2v) is 14.7. The number of ether oxygens (including phenoxy) is 4. The molecule has 0 fully saturated rings. The molecule has 0 bridgehead atoms. The molecule has 0 radical (unpaired) electrons. The van der Waals surface area contributed by atoms with Crippen molar-refractivity contribution >= 4 is 46.2 Å². The second-order valence-electron chi connectivity index (χ2n) is 14.7. The predicted octanol–water partition coefficient (Wildman–Crippen LogP) is 4.46. The Hall–Kier alpha value is -6.41. The molecule has 4 aliphatic heterocycles. The Kier molecular flexibility index (Phi) is 8.67. The van der Waals surface area contributed by atoms with Gasteiger partial charge in [-0.2, -0.15) is 0 Å². The zero-order valence-corrected chi connectivity index (χ0v) is 36.3. The van der Waals surface area contributed by atoms with Gasteiger partial charge in [-0.25, -0.2) is 12.1 Å². The summed E-state index contributed by atoms with van der Waals surface area (Å²) in [5, 5.41) is 0. The van der Waals surface area contributed by atoms with Crippen LogP contribution in [0.2, 0.25) is 0 Å². The molecular formula is C46H22B2N6O5Pt2-6. The Balaban J connectivity index is 0.00000210. The molecule has 0 atom stereocenters. The van der Waals surface area contributed by atoms with E-state index in [-0.39, 0.29) is 55.6 Å². The molecular weight excluding hydrogens is 1130 g/mol. The van der Waals surface area contributed by atoms with Gasteiger partial charge in [-0.3, -0.25) is 9.97 Å². The van der Waals surface area contributed by atoms with Gasteiger partial charge in [-0.1, -0.05) is 52.3 Å². The summed E-state index contributed by atoms with van der Waals surface area (Å²) >= 11 is 0. The zero-order valence-electron chi connectivity index (χ0n) is 31.7. The van der Waals surface area contributed by atoms with Crippen molar-refractivity contribution in [3.05, 3.63) is 134 Å². The van der Waals surface area contributed by atoms with Crippen molar-refractivity contribution in [2.24, 2.45) is 14.1 Å². The van der Waals surface area contributed by atoms with Crippen LogP contribution in [0.15, 0.2) is 102 Å². The third-order valence-electron chi connectivity index (χ3n) is 11.3. The van der Waals surface area contributed by atoms with Crippen LogP contribution in [-0.4, -0.2) is 42.5 Å². The van der Waals surface area contributed by atoms with Crippen LogP contribution < -0.4 is 51.7 Å². The van der Waals surface area contributed by atoms with Crippen LogP contribution in [0.3, 0.4) is 0 Å². The Morgan fingerprint density at radius 3 is 1.48 bits per heavy atom. The summed E-state index contributed by atoms with van der Waals surface area (Å²) in [7, 11) is 3.89. The third-order valence-corrected chi connectivity index (χ3v) is 11.3. The molecule has 61 heavy (non-hydrogen) atoms. The van der Waals surface area contributed by atoms with Crippen LogP contribution in [-0.2, 0) is 56.2 Å². The number of pyridine rings is 2. The van der Waals surface area contributed by atoms with Crippen LogP contribution in [0.1, 0.15) is 0 Å². The Morgan fingerprint density at radius 1 is 0.492 bits per heavy atom. The maximum atomic E-state index is 6.45. The number of aromatic nitrogens is 6. The summed E-state index contributed by atoms with van der Waals surface area (Å²) in [5.41, 5.74) is 8.44. The van der Waals surface area contributed by atoms with Gasteiger partial charge in [0.15, 0.2) is 0 Å². The molecule has 11 nitrogen and oxygen atoms in total. The van der Waals surface area contributed by atoms with Gasteiger partial charge in [0.1, 0.15) is 34.8 Å². The van der Waals surface area contributed by atoms with Gasteiger partial charge in [0, 0.05) is 103 Å². The van der Waals surface area contributed by atoms with E-state index in [0.717, 1.165) is 61.1 Å². The smallest absolute Gasteiger partial charge is 0.221 e. The molecule has 0 unspecified atom stereocenters. The van der Waals surface area contributed by atoms with E-state index in [0.29, 0.717) is 63.1 Å². The van der Waals surface area contributed by atoms with Crippen molar-refractivity contribution in [1.82, 2.24) is 29.1 Å². The molecule has 0 aliphatic carbocycles. The molecule has 9 heterocycles. The van der Waals surface area contributed by atoms with Gasteiger partial charge >= 0.3 is 0 Å². The molecule has 298 valence electrons. The van der Waals surface area contributed by atoms with Gasteiger partial charge in [0.05, 0.1) is 11.6 Å². The summed E-state index contributed by atoms with van der Waals surface area (Å²) in [6.45, 7) is -0.644. The van der Waals surface area contributed by atoms with Gasteiger partial charge < -0.3 is 59.7 Å². The molecule has 0 N–H and O–H groups in total. The minimum absolute atomic E-state index is 0. The van der Waals surface area contributed by atoms with Crippen LogP contribution in [0.4, 0.5) is 0 Å². The van der Waals surface area contributed by atoms with Crippen molar-refractivity contribution < 1.29 is 65.5 Å². The first-order valence-electron chi connectivity index (χ1n) is 18.9. The first-order valence-corrected chi connectivity index (χ1v) is 18.9. The van der Waals surface area contributed by atoms with Crippen LogP contribution in [0.25, 0.3) is 45.2 Å². The summed E-state index contributed by atoms with van der Waals surface area (Å²) in [4.78, 5) is 18.5. The van der Waals surface area contributed by atoms with Gasteiger partial charge in [0.2, 0.25) is 13.4 Å². The molecule has 4 aliphatic rings. The molecule has 0 amide bonds. The molecule has 0 saturated carbocycles. The summed E-state index contributed by atoms with van der Waals surface area (Å²) in [5.74, 6) is 7.01. The number of benzene rings is 4. The molecule has 15 heteroatoms. The number of nitrogens with zero attached hydrogens (tertiary/aromatic N) is 6. The van der Waals surface area contributed by atoms with E-state index in [1.807, 2.05) is 96.3 Å². The van der Waals surface area contributed by atoms with Crippen LogP contribution >= 0.6 is 0 Å². The van der Waals surface area contributed by atoms with E-state index in [1.165, 1.54) is 0 Å². The van der Waals surface area contributed by atoms with E-state index in [9.17, 15) is 0 Å². The average Bonchev–Trinajstić information content (AvgIpc) is 4.05. The fourth-order valence-corrected chi connectivity index (χ4v) is 8.55. The maximum absolute atomic E-state index is 6.45. The van der Waals surface area contributed by atoms with Crippen LogP contribution in [0.5, 0.6) is 46.3 Å². The van der Waals surface area contributed by atoms with Gasteiger partial charge in [-0.05, 0) is 24.3 Å². The van der Waals surface area contributed by atoms with E-state index < -0.39 is 0 Å². The zero-order chi connectivity index (χ0) is 38.9. The monoisotopic (exact) mass is 1150 g/mol. The SMILES string of the molecule is Cn1ccnc1-c1[c-]c2c(nc1)Oc1cccc3c1B2c1[c-]c(-c2[c-]oc(-c4[c-]c5c(cc4)Oc4cccc6c4B5c4[c-]c(-c5nccn5C)cnc4O6)[c-]2)ccc1O3.[Pt].[Pt]. The number of furan rings is 1. The Labute approximate surface area is 378 Å². The number of rotatable bonds is 4. The minimum atomic E-state index is -0.326. The van der Waals surface area contributed by atoms with E-state index >= 15 is 0 Å². The predicted molar refractivity (Wildman–Crippen MR) is 218 cm³/mol. The first kappa shape index (κ1) is 37.6. The number of aryl methyl sites for hydroxylation is 2. The largest absolute Gasteiger partial charge is 0.631 e. The topological polar surface area (TPSA) is 111 Å². The van der Waals surface area contributed by atoms with Crippen molar-refractivity contribution in [1.29, 1.82) is 0 Å². The van der Waals surface area contributed by atoms with E-state index in [2.05, 4.69) is 46.6 Å². The minimum Gasteiger partial charge on any atom is -0.631 e. The fraction of sp³-hybridized carbons (Fsp3) is 0.0435. The van der Waals surface area contributed by atoms with Crippen molar-refractivity contribution in [2.45, 2.75) is 0 Å². The first-order chi connectivity index (χ1) is 29.0. The van der Waals surface area contributed by atoms with Crippen molar-refractivity contribution in [3.63, 3.8) is 0 Å². The third kappa shape index (κ3) is 5.67. The molecule has 0 spiro atoms. The summed E-state index contributed by atoms with van der Waals surface area (Å²) in [6, 6.07) is 37.2. The summed E-state index contributed by atoms with van der Waals surface area (Å²) < 4.78 is 35.5. The number of hydrogen-bond acceptors (Lipinski definition) is 9. The summed E-state index contributed by atoms with van der Waals surface area (Å²) in [6.07, 6.45) is 13.9. The van der Waals surface area contributed by atoms with Gasteiger partial charge in [-0.15, -0.1) is 59.2 Å². The molecule has 0 saturated heterocycles. The molecule has 4 aromatic carbocycles. The fourth-order valence-electron chi connectivity index (χ4n) is 8.55. The molecule has 13 rings (SSSR count). The maximum Gasteiger partial charge on any atom is 0.221 e. The van der Waals surface area contributed by atoms with E-state index in [1.54, 1.807) is 24.8 Å².